The first-order valence-corrected chi connectivity index (χ1v) is 4.85. The average molecular weight is 190 g/mol. The summed E-state index contributed by atoms with van der Waals surface area (Å²) in [4.78, 5) is 0. The van der Waals surface area contributed by atoms with Crippen molar-refractivity contribution in [3.8, 4) is 0 Å². The van der Waals surface area contributed by atoms with E-state index in [2.05, 4.69) is 24.2 Å². The maximum absolute atomic E-state index is 5.53. The highest BCUT2D eigenvalue weighted by Gasteiger charge is 2.06. The predicted octanol–water partition coefficient (Wildman–Crippen LogP) is 2.28. The molecule has 0 spiro atoms. The molecule has 1 aromatic carbocycles. The summed E-state index contributed by atoms with van der Waals surface area (Å²) in [6, 6.07) is 6.22. The molecule has 0 fully saturated rings. The number of hydrogen-bond acceptors (Lipinski definition) is 3. The van der Waals surface area contributed by atoms with Gasteiger partial charge in [0, 0.05) is 5.39 Å². The Balaban J connectivity index is 2.33. The van der Waals surface area contributed by atoms with Gasteiger partial charge in [0.25, 0.3) is 0 Å². The molecule has 0 aliphatic carbocycles. The summed E-state index contributed by atoms with van der Waals surface area (Å²) in [6.07, 6.45) is 2.66. The molecule has 0 radical (unpaired) electrons. The molecule has 2 aromatic rings. The van der Waals surface area contributed by atoms with Gasteiger partial charge in [0.2, 0.25) is 0 Å². The molecule has 2 rings (SSSR count). The van der Waals surface area contributed by atoms with Gasteiger partial charge in [-0.1, -0.05) is 18.1 Å². The lowest BCUT2D eigenvalue weighted by Gasteiger charge is -2.09. The van der Waals surface area contributed by atoms with Gasteiger partial charge in [-0.3, -0.25) is 0 Å². The quantitative estimate of drug-likeness (QED) is 0.807. The van der Waals surface area contributed by atoms with Crippen LogP contribution in [0.1, 0.15) is 24.8 Å². The summed E-state index contributed by atoms with van der Waals surface area (Å²) in [6.45, 7) is 2.89. The molecule has 0 bridgehead atoms. The van der Waals surface area contributed by atoms with Gasteiger partial charge in [-0.2, -0.15) is 0 Å². The minimum atomic E-state index is 0.487. The second-order valence-corrected chi connectivity index (χ2v) is 3.61. The Morgan fingerprint density at radius 3 is 3.14 bits per heavy atom. The molecule has 1 aromatic heterocycles. The Kier molecular flexibility index (Phi) is 2.50. The standard InChI is InChI=1S/C11H14N2O/c1-8(4-5-12)9-2-3-10-7-14-13-11(10)6-9/h2-3,6-8H,4-5,12H2,1H3. The van der Waals surface area contributed by atoms with Crippen molar-refractivity contribution in [3.63, 3.8) is 0 Å². The van der Waals surface area contributed by atoms with Crippen molar-refractivity contribution in [2.45, 2.75) is 19.3 Å². The smallest absolute Gasteiger partial charge is 0.131 e. The lowest BCUT2D eigenvalue weighted by atomic mass is 9.97. The highest BCUT2D eigenvalue weighted by Crippen LogP contribution is 2.22. The van der Waals surface area contributed by atoms with Crippen LogP contribution in [0.15, 0.2) is 29.0 Å². The zero-order valence-electron chi connectivity index (χ0n) is 8.23. The maximum atomic E-state index is 5.53. The van der Waals surface area contributed by atoms with E-state index in [1.165, 1.54) is 5.56 Å². The van der Waals surface area contributed by atoms with Crippen LogP contribution >= 0.6 is 0 Å². The molecule has 3 heteroatoms. The van der Waals surface area contributed by atoms with E-state index in [0.717, 1.165) is 23.9 Å². The third kappa shape index (κ3) is 1.63. The fourth-order valence-electron chi connectivity index (χ4n) is 1.60. The third-order valence-electron chi connectivity index (χ3n) is 2.55. The summed E-state index contributed by atoms with van der Waals surface area (Å²) in [7, 11) is 0. The van der Waals surface area contributed by atoms with Crippen molar-refractivity contribution in [1.29, 1.82) is 0 Å². The molecule has 0 saturated carbocycles. The number of fused-ring (bicyclic) bond motifs is 1. The fourth-order valence-corrected chi connectivity index (χ4v) is 1.60. The summed E-state index contributed by atoms with van der Waals surface area (Å²) >= 11 is 0. The molecule has 2 N–H and O–H groups in total. The van der Waals surface area contributed by atoms with Gasteiger partial charge in [0.05, 0.1) is 0 Å². The lowest BCUT2D eigenvalue weighted by molar-refractivity contribution is 0.428. The molecule has 0 amide bonds. The van der Waals surface area contributed by atoms with E-state index in [4.69, 9.17) is 10.3 Å². The SMILES string of the molecule is CC(CCN)c1ccc2conc2c1. The van der Waals surface area contributed by atoms with E-state index in [1.807, 2.05) is 6.07 Å². The van der Waals surface area contributed by atoms with Crippen molar-refractivity contribution in [3.05, 3.63) is 30.0 Å². The van der Waals surface area contributed by atoms with Crippen molar-refractivity contribution < 1.29 is 4.52 Å². The van der Waals surface area contributed by atoms with Crippen LogP contribution in [0.4, 0.5) is 0 Å². The highest BCUT2D eigenvalue weighted by atomic mass is 16.5. The highest BCUT2D eigenvalue weighted by molar-refractivity contribution is 5.77. The van der Waals surface area contributed by atoms with Crippen LogP contribution in [0.25, 0.3) is 10.9 Å². The predicted molar refractivity (Wildman–Crippen MR) is 56.1 cm³/mol. The van der Waals surface area contributed by atoms with Gasteiger partial charge >= 0.3 is 0 Å². The zero-order valence-corrected chi connectivity index (χ0v) is 8.23. The van der Waals surface area contributed by atoms with Gasteiger partial charge in [0.15, 0.2) is 0 Å². The van der Waals surface area contributed by atoms with Crippen molar-refractivity contribution in [1.82, 2.24) is 5.16 Å². The molecule has 14 heavy (non-hydrogen) atoms. The minimum Gasteiger partial charge on any atom is -0.364 e. The zero-order chi connectivity index (χ0) is 9.97. The lowest BCUT2D eigenvalue weighted by Crippen LogP contribution is -2.04. The summed E-state index contributed by atoms with van der Waals surface area (Å²) in [5, 5.41) is 4.97. The third-order valence-corrected chi connectivity index (χ3v) is 2.55. The minimum absolute atomic E-state index is 0.487. The Morgan fingerprint density at radius 2 is 2.36 bits per heavy atom. The molecular weight excluding hydrogens is 176 g/mol. The van der Waals surface area contributed by atoms with Gasteiger partial charge < -0.3 is 10.3 Å². The normalized spacial score (nSPS) is 13.3. The molecule has 1 heterocycles. The van der Waals surface area contributed by atoms with Gasteiger partial charge in [0.1, 0.15) is 11.8 Å². The Labute approximate surface area is 82.9 Å². The first-order chi connectivity index (χ1) is 6.81. The van der Waals surface area contributed by atoms with E-state index in [9.17, 15) is 0 Å². The van der Waals surface area contributed by atoms with Gasteiger partial charge in [-0.25, -0.2) is 0 Å². The monoisotopic (exact) mass is 190 g/mol. The average Bonchev–Trinajstić information content (AvgIpc) is 2.64. The van der Waals surface area contributed by atoms with Crippen molar-refractivity contribution >= 4 is 10.9 Å². The summed E-state index contributed by atoms with van der Waals surface area (Å²) in [5.41, 5.74) is 7.72. The number of benzene rings is 1. The molecular formula is C11H14N2O. The van der Waals surface area contributed by atoms with Crippen LogP contribution in [0.2, 0.25) is 0 Å². The van der Waals surface area contributed by atoms with Crippen LogP contribution in [0.5, 0.6) is 0 Å². The number of nitrogens with zero attached hydrogens (tertiary/aromatic N) is 1. The maximum Gasteiger partial charge on any atom is 0.131 e. The van der Waals surface area contributed by atoms with Gasteiger partial charge in [-0.05, 0) is 36.6 Å². The van der Waals surface area contributed by atoms with Crippen LogP contribution in [0, 0.1) is 0 Å². The molecule has 0 saturated heterocycles. The summed E-state index contributed by atoms with van der Waals surface area (Å²) < 4.78 is 4.88. The van der Waals surface area contributed by atoms with E-state index in [-0.39, 0.29) is 0 Å². The second kappa shape index (κ2) is 3.80. The van der Waals surface area contributed by atoms with Crippen LogP contribution in [-0.4, -0.2) is 11.7 Å². The second-order valence-electron chi connectivity index (χ2n) is 3.61. The van der Waals surface area contributed by atoms with E-state index < -0.39 is 0 Å². The molecule has 1 unspecified atom stereocenters. The van der Waals surface area contributed by atoms with E-state index >= 15 is 0 Å². The molecule has 74 valence electrons. The Morgan fingerprint density at radius 1 is 1.50 bits per heavy atom. The van der Waals surface area contributed by atoms with Gasteiger partial charge in [-0.15, -0.1) is 0 Å². The van der Waals surface area contributed by atoms with Crippen LogP contribution < -0.4 is 5.73 Å². The number of hydrogen-bond donors (Lipinski definition) is 1. The first kappa shape index (κ1) is 9.21. The van der Waals surface area contributed by atoms with E-state index in [0.29, 0.717) is 5.92 Å². The fraction of sp³-hybridized carbons (Fsp3) is 0.364. The number of nitrogens with two attached hydrogens (primary N) is 1. The van der Waals surface area contributed by atoms with Crippen molar-refractivity contribution in [2.75, 3.05) is 6.54 Å². The molecule has 0 aliphatic rings. The summed E-state index contributed by atoms with van der Waals surface area (Å²) in [5.74, 6) is 0.487. The van der Waals surface area contributed by atoms with E-state index in [1.54, 1.807) is 6.26 Å². The number of aromatic nitrogens is 1. The Hall–Kier alpha value is -1.35. The largest absolute Gasteiger partial charge is 0.364 e. The topological polar surface area (TPSA) is 52.0 Å². The number of rotatable bonds is 3. The van der Waals surface area contributed by atoms with Crippen LogP contribution in [-0.2, 0) is 0 Å². The van der Waals surface area contributed by atoms with Crippen molar-refractivity contribution in [2.24, 2.45) is 5.73 Å². The first-order valence-electron chi connectivity index (χ1n) is 4.85. The Bertz CT molecular complexity index is 422. The molecule has 3 nitrogen and oxygen atoms in total. The molecule has 1 atom stereocenters. The van der Waals surface area contributed by atoms with Crippen LogP contribution in [0.3, 0.4) is 0 Å². The molecule has 0 aliphatic heterocycles.